The van der Waals surface area contributed by atoms with Crippen LogP contribution in [0.15, 0.2) is 24.3 Å². The van der Waals surface area contributed by atoms with Crippen LogP contribution in [0.5, 0.6) is 0 Å². The average Bonchev–Trinajstić information content (AvgIpc) is 2.66. The fraction of sp³-hybridized carbons (Fsp3) is 0.333. The Bertz CT molecular complexity index is 428. The van der Waals surface area contributed by atoms with E-state index in [0.717, 1.165) is 11.1 Å². The van der Waals surface area contributed by atoms with Crippen molar-refractivity contribution in [1.82, 2.24) is 10.6 Å². The third kappa shape index (κ3) is 2.89. The summed E-state index contributed by atoms with van der Waals surface area (Å²) in [4.78, 5) is 22.2. The second kappa shape index (κ2) is 5.07. The zero-order valence-corrected chi connectivity index (χ0v) is 9.27. The van der Waals surface area contributed by atoms with Crippen LogP contribution >= 0.6 is 0 Å². The predicted octanol–water partition coefficient (Wildman–Crippen LogP) is -0.316. The molecule has 5 heteroatoms. The van der Waals surface area contributed by atoms with Crippen molar-refractivity contribution in [3.8, 4) is 0 Å². The van der Waals surface area contributed by atoms with E-state index in [-0.39, 0.29) is 24.8 Å². The van der Waals surface area contributed by atoms with Crippen LogP contribution in [-0.4, -0.2) is 23.0 Å². The van der Waals surface area contributed by atoms with Gasteiger partial charge in [-0.2, -0.15) is 0 Å². The molecule has 1 aliphatic rings. The van der Waals surface area contributed by atoms with Crippen molar-refractivity contribution in [3.05, 3.63) is 35.4 Å². The summed E-state index contributed by atoms with van der Waals surface area (Å²) in [7, 11) is 0. The van der Waals surface area contributed by atoms with Crippen LogP contribution in [0.2, 0.25) is 0 Å². The quantitative estimate of drug-likeness (QED) is 0.624. The molecule has 1 aromatic rings. The number of hydrogen-bond donors (Lipinski definition) is 3. The number of hydrogen-bond acceptors (Lipinski definition) is 4. The molecule has 1 unspecified atom stereocenters. The zero-order valence-electron chi connectivity index (χ0n) is 9.27. The van der Waals surface area contributed by atoms with Gasteiger partial charge in [-0.15, -0.1) is 0 Å². The van der Waals surface area contributed by atoms with Crippen LogP contribution in [0.1, 0.15) is 17.5 Å². The van der Waals surface area contributed by atoms with Gasteiger partial charge in [0.2, 0.25) is 11.8 Å². The Labute approximate surface area is 98.8 Å². The first-order valence-electron chi connectivity index (χ1n) is 5.45. The lowest BCUT2D eigenvalue weighted by molar-refractivity contribution is -0.125. The van der Waals surface area contributed by atoms with Gasteiger partial charge < -0.3 is 10.4 Å². The summed E-state index contributed by atoms with van der Waals surface area (Å²) in [6, 6.07) is 6.99. The summed E-state index contributed by atoms with van der Waals surface area (Å²) in [5.41, 5.74) is 1.86. The number of aliphatic hydroxyl groups excluding tert-OH is 1. The Morgan fingerprint density at radius 2 is 1.88 bits per heavy atom. The van der Waals surface area contributed by atoms with Gasteiger partial charge in [-0.25, -0.2) is 0 Å². The maximum Gasteiger partial charge on any atom is 0.244 e. The summed E-state index contributed by atoms with van der Waals surface area (Å²) >= 11 is 0. The molecule has 0 aliphatic carbocycles. The molecule has 1 fully saturated rings. The molecule has 0 radical (unpaired) electrons. The molecule has 1 atom stereocenters. The van der Waals surface area contributed by atoms with Gasteiger partial charge in [0, 0.05) is 6.54 Å². The number of amides is 2. The van der Waals surface area contributed by atoms with Gasteiger partial charge >= 0.3 is 0 Å². The summed E-state index contributed by atoms with van der Waals surface area (Å²) in [6.07, 6.45) is 0.202. The number of rotatable bonds is 4. The van der Waals surface area contributed by atoms with Crippen molar-refractivity contribution in [2.45, 2.75) is 25.6 Å². The Balaban J connectivity index is 1.89. The lowest BCUT2D eigenvalue weighted by Gasteiger charge is -2.09. The second-order valence-electron chi connectivity index (χ2n) is 4.02. The Morgan fingerprint density at radius 3 is 2.41 bits per heavy atom. The van der Waals surface area contributed by atoms with Crippen LogP contribution in [0.3, 0.4) is 0 Å². The van der Waals surface area contributed by atoms with Crippen LogP contribution in [0.25, 0.3) is 0 Å². The number of benzene rings is 1. The van der Waals surface area contributed by atoms with E-state index in [9.17, 15) is 9.59 Å². The summed E-state index contributed by atoms with van der Waals surface area (Å²) in [5.74, 6) is -0.495. The van der Waals surface area contributed by atoms with Crippen LogP contribution in [-0.2, 0) is 22.7 Å². The minimum atomic E-state index is -0.431. The van der Waals surface area contributed by atoms with E-state index in [2.05, 4.69) is 10.6 Å². The normalized spacial score (nSPS) is 19.5. The molecule has 2 amide bonds. The lowest BCUT2D eigenvalue weighted by atomic mass is 10.1. The smallest absolute Gasteiger partial charge is 0.244 e. The van der Waals surface area contributed by atoms with Gasteiger partial charge in [0.1, 0.15) is 0 Å². The average molecular weight is 234 g/mol. The van der Waals surface area contributed by atoms with Crippen molar-refractivity contribution >= 4 is 11.8 Å². The van der Waals surface area contributed by atoms with Gasteiger partial charge in [-0.1, -0.05) is 24.3 Å². The molecular formula is C12H14N2O3. The van der Waals surface area contributed by atoms with Crippen molar-refractivity contribution in [2.24, 2.45) is 0 Å². The Hall–Kier alpha value is -1.72. The first kappa shape index (κ1) is 11.8. The van der Waals surface area contributed by atoms with E-state index in [4.69, 9.17) is 5.11 Å². The highest BCUT2D eigenvalue weighted by molar-refractivity contribution is 6.05. The summed E-state index contributed by atoms with van der Waals surface area (Å²) < 4.78 is 0. The second-order valence-corrected chi connectivity index (χ2v) is 4.02. The molecule has 0 saturated carbocycles. The first-order valence-corrected chi connectivity index (χ1v) is 5.45. The van der Waals surface area contributed by atoms with E-state index in [1.165, 1.54) is 0 Å². The van der Waals surface area contributed by atoms with E-state index in [1.54, 1.807) is 0 Å². The standard InChI is InChI=1S/C12H14N2O3/c15-7-9-3-1-8(2-4-9)6-13-10-5-11(16)14-12(10)17/h1-4,10,13,15H,5-7H2,(H,14,16,17). The van der Waals surface area contributed by atoms with Gasteiger partial charge in [-0.3, -0.25) is 14.9 Å². The molecule has 2 rings (SSSR count). The first-order chi connectivity index (χ1) is 8.19. The van der Waals surface area contributed by atoms with Gasteiger partial charge in [0.25, 0.3) is 0 Å². The van der Waals surface area contributed by atoms with Crippen molar-refractivity contribution < 1.29 is 14.7 Å². The monoisotopic (exact) mass is 234 g/mol. The molecule has 1 aliphatic heterocycles. The maximum atomic E-state index is 11.3. The van der Waals surface area contributed by atoms with Crippen LogP contribution in [0.4, 0.5) is 0 Å². The Morgan fingerprint density at radius 1 is 1.24 bits per heavy atom. The van der Waals surface area contributed by atoms with Gasteiger partial charge in [0.05, 0.1) is 19.1 Å². The fourth-order valence-electron chi connectivity index (χ4n) is 1.72. The minimum Gasteiger partial charge on any atom is -0.392 e. The molecule has 3 N–H and O–H groups in total. The van der Waals surface area contributed by atoms with E-state index >= 15 is 0 Å². The SMILES string of the molecule is O=C1CC(NCc2ccc(CO)cc2)C(=O)N1. The molecule has 90 valence electrons. The van der Waals surface area contributed by atoms with Crippen molar-refractivity contribution in [2.75, 3.05) is 0 Å². The number of imide groups is 1. The lowest BCUT2D eigenvalue weighted by Crippen LogP contribution is -2.35. The molecule has 5 nitrogen and oxygen atoms in total. The third-order valence-electron chi connectivity index (χ3n) is 2.73. The van der Waals surface area contributed by atoms with Gasteiger partial charge in [-0.05, 0) is 11.1 Å². The summed E-state index contributed by atoms with van der Waals surface area (Å²) in [5, 5.41) is 14.2. The van der Waals surface area contributed by atoms with E-state index in [1.807, 2.05) is 24.3 Å². The highest BCUT2D eigenvalue weighted by Crippen LogP contribution is 2.06. The van der Waals surface area contributed by atoms with E-state index < -0.39 is 6.04 Å². The van der Waals surface area contributed by atoms with Crippen LogP contribution in [0, 0.1) is 0 Å². The third-order valence-corrected chi connectivity index (χ3v) is 2.73. The predicted molar refractivity (Wildman–Crippen MR) is 60.8 cm³/mol. The fourth-order valence-corrected chi connectivity index (χ4v) is 1.72. The zero-order chi connectivity index (χ0) is 12.3. The van der Waals surface area contributed by atoms with Gasteiger partial charge in [0.15, 0.2) is 0 Å². The minimum absolute atomic E-state index is 0.0211. The molecular weight excluding hydrogens is 220 g/mol. The number of aliphatic hydroxyl groups is 1. The maximum absolute atomic E-state index is 11.3. The molecule has 1 saturated heterocycles. The topological polar surface area (TPSA) is 78.4 Å². The summed E-state index contributed by atoms with van der Waals surface area (Å²) in [6.45, 7) is 0.546. The molecule has 0 aromatic heterocycles. The van der Waals surface area contributed by atoms with Crippen molar-refractivity contribution in [3.63, 3.8) is 0 Å². The highest BCUT2D eigenvalue weighted by Gasteiger charge is 2.29. The molecule has 17 heavy (non-hydrogen) atoms. The molecule has 1 heterocycles. The van der Waals surface area contributed by atoms with Crippen molar-refractivity contribution in [1.29, 1.82) is 0 Å². The van der Waals surface area contributed by atoms with E-state index in [0.29, 0.717) is 6.54 Å². The molecule has 1 aromatic carbocycles. The Kier molecular flexibility index (Phi) is 3.51. The number of carbonyl (C=O) groups is 2. The number of carbonyl (C=O) groups excluding carboxylic acids is 2. The molecule has 0 spiro atoms. The molecule has 0 bridgehead atoms. The van der Waals surface area contributed by atoms with Crippen LogP contribution < -0.4 is 10.6 Å². The largest absolute Gasteiger partial charge is 0.392 e. The number of nitrogens with one attached hydrogen (secondary N) is 2. The highest BCUT2D eigenvalue weighted by atomic mass is 16.3.